The van der Waals surface area contributed by atoms with E-state index in [-0.39, 0.29) is 10.0 Å². The molecule has 0 amide bonds. The number of nitrogens with zero attached hydrogens (tertiary/aromatic N) is 3. The predicted octanol–water partition coefficient (Wildman–Crippen LogP) is 4.65. The summed E-state index contributed by atoms with van der Waals surface area (Å²) in [5, 5.41) is -0.0736. The summed E-state index contributed by atoms with van der Waals surface area (Å²) in [7, 11) is 0. The maximum atomic E-state index is 13.6. The van der Waals surface area contributed by atoms with E-state index < -0.39 is 5.82 Å². The molecule has 0 aliphatic heterocycles. The van der Waals surface area contributed by atoms with Gasteiger partial charge in [0.15, 0.2) is 5.82 Å². The van der Waals surface area contributed by atoms with E-state index in [9.17, 15) is 4.39 Å². The quantitative estimate of drug-likeness (QED) is 0.511. The molecule has 0 aliphatic carbocycles. The Bertz CT molecular complexity index is 793. The molecule has 3 rings (SSSR count). The van der Waals surface area contributed by atoms with Gasteiger partial charge in [-0.25, -0.2) is 9.37 Å². The second-order valence-corrected chi connectivity index (χ2v) is 5.58. The van der Waals surface area contributed by atoms with E-state index in [1.165, 1.54) is 12.1 Å². The third kappa shape index (κ3) is 2.59. The molecule has 2 heterocycles. The van der Waals surface area contributed by atoms with Crippen LogP contribution in [0.5, 0.6) is 0 Å². The summed E-state index contributed by atoms with van der Waals surface area (Å²) >= 11 is 17.6. The number of alkyl halides is 1. The Hall–Kier alpha value is -1.36. The summed E-state index contributed by atoms with van der Waals surface area (Å²) in [5.74, 6) is 0.526. The molecular weight excluding hydrogens is 336 g/mol. The molecule has 0 atom stereocenters. The highest BCUT2D eigenvalue weighted by Crippen LogP contribution is 2.29. The Labute approximate surface area is 135 Å². The number of benzene rings is 1. The van der Waals surface area contributed by atoms with Crippen molar-refractivity contribution in [2.24, 2.45) is 0 Å². The van der Waals surface area contributed by atoms with Gasteiger partial charge in [0.2, 0.25) is 0 Å². The summed E-state index contributed by atoms with van der Waals surface area (Å²) in [4.78, 5) is 8.55. The maximum Gasteiger partial charge on any atom is 0.160 e. The van der Waals surface area contributed by atoms with Gasteiger partial charge >= 0.3 is 0 Å². The largest absolute Gasteiger partial charge is 0.296 e. The number of imidazole rings is 1. The first-order chi connectivity index (χ1) is 10.1. The van der Waals surface area contributed by atoms with Gasteiger partial charge in [-0.15, -0.1) is 11.6 Å². The highest BCUT2D eigenvalue weighted by atomic mass is 35.5. The van der Waals surface area contributed by atoms with Gasteiger partial charge in [-0.3, -0.25) is 9.55 Å². The molecule has 0 aliphatic rings. The summed E-state index contributed by atoms with van der Waals surface area (Å²) in [6, 6.07) is 4.86. The van der Waals surface area contributed by atoms with Gasteiger partial charge in [-0.1, -0.05) is 23.2 Å². The molecule has 2 aromatic heterocycles. The fraction of sp³-hybridized carbons (Fsp3) is 0.143. The second-order valence-electron chi connectivity index (χ2n) is 4.39. The first kappa shape index (κ1) is 14.6. The molecule has 0 unspecified atom stereocenters. The van der Waals surface area contributed by atoms with Gasteiger partial charge in [-0.05, 0) is 18.2 Å². The minimum Gasteiger partial charge on any atom is -0.296 e. The van der Waals surface area contributed by atoms with Crippen molar-refractivity contribution in [2.45, 2.75) is 6.42 Å². The van der Waals surface area contributed by atoms with Crippen LogP contribution in [0.4, 0.5) is 4.39 Å². The lowest BCUT2D eigenvalue weighted by Crippen LogP contribution is -2.03. The van der Waals surface area contributed by atoms with Crippen molar-refractivity contribution < 1.29 is 4.39 Å². The molecule has 7 heteroatoms. The van der Waals surface area contributed by atoms with E-state index in [0.717, 1.165) is 16.9 Å². The number of halogens is 4. The van der Waals surface area contributed by atoms with E-state index in [1.807, 2.05) is 10.6 Å². The Kier molecular flexibility index (Phi) is 4.02. The van der Waals surface area contributed by atoms with Crippen LogP contribution in [0.15, 0.2) is 30.6 Å². The summed E-state index contributed by atoms with van der Waals surface area (Å²) in [6.07, 6.45) is 3.89. The summed E-state index contributed by atoms with van der Waals surface area (Å²) in [5.41, 5.74) is 2.21. The second kappa shape index (κ2) is 5.79. The van der Waals surface area contributed by atoms with Gasteiger partial charge in [0.05, 0.1) is 27.4 Å². The number of hydrogen-bond donors (Lipinski definition) is 0. The molecule has 1 aromatic carbocycles. The van der Waals surface area contributed by atoms with E-state index in [4.69, 9.17) is 34.8 Å². The van der Waals surface area contributed by atoms with E-state index in [0.29, 0.717) is 18.0 Å². The van der Waals surface area contributed by atoms with Crippen LogP contribution in [-0.2, 0) is 6.42 Å². The molecule has 0 radical (unpaired) electrons. The molecule has 0 spiro atoms. The molecule has 0 fully saturated rings. The molecule has 0 N–H and O–H groups in total. The van der Waals surface area contributed by atoms with Gasteiger partial charge in [0.1, 0.15) is 11.3 Å². The van der Waals surface area contributed by atoms with Gasteiger partial charge in [0.25, 0.3) is 0 Å². The van der Waals surface area contributed by atoms with Crippen LogP contribution in [-0.4, -0.2) is 20.4 Å². The lowest BCUT2D eigenvalue weighted by molar-refractivity contribution is 0.628. The lowest BCUT2D eigenvalue weighted by Gasteiger charge is -2.10. The minimum atomic E-state index is -0.632. The topological polar surface area (TPSA) is 30.7 Å². The molecular formula is C14H9Cl3FN3. The average Bonchev–Trinajstić information content (AvgIpc) is 2.82. The number of aromatic nitrogens is 3. The van der Waals surface area contributed by atoms with Crippen molar-refractivity contribution >= 4 is 45.8 Å². The van der Waals surface area contributed by atoms with Crippen molar-refractivity contribution in [2.75, 3.05) is 5.88 Å². The molecule has 3 nitrogen and oxygen atoms in total. The number of pyridine rings is 1. The van der Waals surface area contributed by atoms with Crippen molar-refractivity contribution in [3.63, 3.8) is 0 Å². The Balaban J connectivity index is 2.30. The maximum absolute atomic E-state index is 13.6. The zero-order chi connectivity index (χ0) is 15.0. The first-order valence-corrected chi connectivity index (χ1v) is 7.43. The van der Waals surface area contributed by atoms with Crippen LogP contribution >= 0.6 is 34.8 Å². The van der Waals surface area contributed by atoms with E-state index >= 15 is 0 Å². The number of hydrogen-bond acceptors (Lipinski definition) is 2. The summed E-state index contributed by atoms with van der Waals surface area (Å²) in [6.45, 7) is 0. The van der Waals surface area contributed by atoms with Crippen LogP contribution in [0.2, 0.25) is 10.0 Å². The smallest absolute Gasteiger partial charge is 0.160 e. The molecule has 108 valence electrons. The van der Waals surface area contributed by atoms with Crippen LogP contribution in [0.1, 0.15) is 5.82 Å². The number of rotatable bonds is 3. The summed E-state index contributed by atoms with van der Waals surface area (Å²) < 4.78 is 15.5. The van der Waals surface area contributed by atoms with Crippen molar-refractivity contribution in [1.82, 2.24) is 14.5 Å². The van der Waals surface area contributed by atoms with Gasteiger partial charge < -0.3 is 0 Å². The van der Waals surface area contributed by atoms with Gasteiger partial charge in [-0.2, -0.15) is 0 Å². The Morgan fingerprint density at radius 1 is 1.19 bits per heavy atom. The molecule has 0 bridgehead atoms. The van der Waals surface area contributed by atoms with Crippen molar-refractivity contribution in [3.8, 4) is 5.69 Å². The fourth-order valence-corrected chi connectivity index (χ4v) is 2.84. The normalized spacial score (nSPS) is 11.2. The third-order valence-corrected chi connectivity index (χ3v) is 3.81. The molecule has 0 saturated heterocycles. The highest BCUT2D eigenvalue weighted by molar-refractivity contribution is 6.35. The molecule has 0 saturated carbocycles. The van der Waals surface area contributed by atoms with Crippen LogP contribution in [0, 0.1) is 5.82 Å². The van der Waals surface area contributed by atoms with Crippen molar-refractivity contribution in [3.05, 3.63) is 52.3 Å². The zero-order valence-corrected chi connectivity index (χ0v) is 12.9. The van der Waals surface area contributed by atoms with Crippen LogP contribution in [0.3, 0.4) is 0 Å². The molecule has 3 aromatic rings. The predicted molar refractivity (Wildman–Crippen MR) is 83.3 cm³/mol. The SMILES string of the molecule is Fc1c(Cl)cc(-n2c(CCCl)nc3cnccc32)cc1Cl. The monoisotopic (exact) mass is 343 g/mol. The van der Waals surface area contributed by atoms with Gasteiger partial charge in [0, 0.05) is 18.5 Å². The van der Waals surface area contributed by atoms with Crippen molar-refractivity contribution in [1.29, 1.82) is 0 Å². The highest BCUT2D eigenvalue weighted by Gasteiger charge is 2.15. The minimum absolute atomic E-state index is 0.0368. The number of aryl methyl sites for hydroxylation is 1. The van der Waals surface area contributed by atoms with E-state index in [1.54, 1.807) is 12.4 Å². The number of fused-ring (bicyclic) bond motifs is 1. The lowest BCUT2D eigenvalue weighted by atomic mass is 10.2. The molecule has 21 heavy (non-hydrogen) atoms. The first-order valence-electron chi connectivity index (χ1n) is 6.14. The Morgan fingerprint density at radius 2 is 1.90 bits per heavy atom. The van der Waals surface area contributed by atoms with Crippen LogP contribution < -0.4 is 0 Å². The fourth-order valence-electron chi connectivity index (χ4n) is 2.19. The van der Waals surface area contributed by atoms with E-state index in [2.05, 4.69) is 9.97 Å². The van der Waals surface area contributed by atoms with Crippen LogP contribution in [0.25, 0.3) is 16.7 Å². The third-order valence-electron chi connectivity index (χ3n) is 3.07. The zero-order valence-electron chi connectivity index (χ0n) is 10.7. The average molecular weight is 345 g/mol. The Morgan fingerprint density at radius 3 is 2.57 bits per heavy atom. The standard InChI is InChI=1S/C14H9Cl3FN3/c15-3-1-13-20-11-7-19-4-2-12(11)21(13)8-5-9(16)14(18)10(17)6-8/h2,4-7H,1,3H2.